The Morgan fingerprint density at radius 2 is 2.00 bits per heavy atom. The molecule has 1 N–H and O–H groups in total. The van der Waals surface area contributed by atoms with Gasteiger partial charge in [-0.25, -0.2) is 4.79 Å². The van der Waals surface area contributed by atoms with Crippen LogP contribution in [0.5, 0.6) is 0 Å². The molecule has 0 aliphatic rings. The van der Waals surface area contributed by atoms with Crippen LogP contribution in [0, 0.1) is 6.92 Å². The molecule has 0 saturated heterocycles. The van der Waals surface area contributed by atoms with Crippen LogP contribution in [0.25, 0.3) is 17.0 Å². The van der Waals surface area contributed by atoms with Crippen molar-refractivity contribution in [1.29, 1.82) is 0 Å². The van der Waals surface area contributed by atoms with E-state index in [1.165, 1.54) is 0 Å². The molecule has 5 nitrogen and oxygen atoms in total. The zero-order chi connectivity index (χ0) is 17.2. The van der Waals surface area contributed by atoms with E-state index in [-0.39, 0.29) is 11.3 Å². The number of hydrogen-bond donors (Lipinski definition) is 1. The van der Waals surface area contributed by atoms with Gasteiger partial charge in [0.15, 0.2) is 5.43 Å². The summed E-state index contributed by atoms with van der Waals surface area (Å²) >= 11 is 0. The Bertz CT molecular complexity index is 825. The van der Waals surface area contributed by atoms with Gasteiger partial charge in [0, 0.05) is 5.56 Å². The monoisotopic (exact) mass is 315 g/mol. The van der Waals surface area contributed by atoms with Gasteiger partial charge in [-0.1, -0.05) is 24.3 Å². The zero-order valence-corrected chi connectivity index (χ0v) is 14.0. The number of amides is 1. The minimum atomic E-state index is -0.661. The minimum Gasteiger partial charge on any atom is -0.444 e. The maximum Gasteiger partial charge on any atom is 0.414 e. The molecule has 0 bridgehead atoms. The molecule has 1 aromatic heterocycles. The summed E-state index contributed by atoms with van der Waals surface area (Å²) in [6.07, 6.45) is 3.04. The predicted octanol–water partition coefficient (Wildman–Crippen LogP) is 4.48. The Balaban J connectivity index is 2.53. The molecule has 0 atom stereocenters. The number of hydrogen-bond acceptors (Lipinski definition) is 4. The molecule has 5 heteroatoms. The quantitative estimate of drug-likeness (QED) is 0.887. The predicted molar refractivity (Wildman–Crippen MR) is 91.8 cm³/mol. The third kappa shape index (κ3) is 3.80. The number of benzene rings is 1. The smallest absolute Gasteiger partial charge is 0.414 e. The fourth-order valence-corrected chi connectivity index (χ4v) is 2.16. The van der Waals surface area contributed by atoms with E-state index < -0.39 is 11.7 Å². The number of ether oxygens (including phenoxy) is 1. The summed E-state index contributed by atoms with van der Waals surface area (Å²) in [6, 6.07) is 5.35. The lowest BCUT2D eigenvalue weighted by molar-refractivity contribution is 0.0632. The van der Waals surface area contributed by atoms with Crippen LogP contribution in [0.1, 0.15) is 38.8 Å². The summed E-state index contributed by atoms with van der Waals surface area (Å²) < 4.78 is 11.0. The Labute approximate surface area is 134 Å². The SMILES string of the molecule is CC=Cc1cccc2c(=O)c(C)c(NC(=O)OC(C)(C)C)oc12. The van der Waals surface area contributed by atoms with Gasteiger partial charge >= 0.3 is 6.09 Å². The summed E-state index contributed by atoms with van der Waals surface area (Å²) in [6.45, 7) is 8.78. The lowest BCUT2D eigenvalue weighted by Gasteiger charge is -2.19. The average molecular weight is 315 g/mol. The van der Waals surface area contributed by atoms with Gasteiger partial charge in [-0.05, 0) is 40.7 Å². The van der Waals surface area contributed by atoms with Gasteiger partial charge in [0.05, 0.1) is 10.9 Å². The third-order valence-corrected chi connectivity index (χ3v) is 3.14. The van der Waals surface area contributed by atoms with Gasteiger partial charge in [0.1, 0.15) is 11.2 Å². The lowest BCUT2D eigenvalue weighted by Crippen LogP contribution is -2.28. The second-order valence-corrected chi connectivity index (χ2v) is 6.24. The molecule has 2 aromatic rings. The highest BCUT2D eigenvalue weighted by Crippen LogP contribution is 2.24. The molecule has 23 heavy (non-hydrogen) atoms. The van der Waals surface area contributed by atoms with Gasteiger partial charge in [-0.2, -0.15) is 0 Å². The number of rotatable bonds is 2. The second-order valence-electron chi connectivity index (χ2n) is 6.24. The van der Waals surface area contributed by atoms with Crippen LogP contribution in [0.15, 0.2) is 33.5 Å². The van der Waals surface area contributed by atoms with Crippen molar-refractivity contribution < 1.29 is 13.9 Å². The number of anilines is 1. The van der Waals surface area contributed by atoms with Crippen LogP contribution < -0.4 is 10.7 Å². The van der Waals surface area contributed by atoms with Crippen molar-refractivity contribution in [2.75, 3.05) is 5.32 Å². The standard InChI is InChI=1S/C18H21NO4/c1-6-8-12-9-7-10-13-14(20)11(2)16(22-15(12)13)19-17(21)23-18(3,4)5/h6-10H,1-5H3,(H,19,21). The van der Waals surface area contributed by atoms with E-state index >= 15 is 0 Å². The highest BCUT2D eigenvalue weighted by Gasteiger charge is 2.19. The Kier molecular flexibility index (Phi) is 4.59. The number of carbonyl (C=O) groups is 1. The summed E-state index contributed by atoms with van der Waals surface area (Å²) in [5.74, 6) is 0.105. The van der Waals surface area contributed by atoms with Crippen molar-refractivity contribution >= 4 is 29.0 Å². The van der Waals surface area contributed by atoms with Crippen LogP contribution >= 0.6 is 0 Å². The minimum absolute atomic E-state index is 0.105. The van der Waals surface area contributed by atoms with Crippen LogP contribution in [0.2, 0.25) is 0 Å². The summed E-state index contributed by atoms with van der Waals surface area (Å²) in [5, 5.41) is 3.00. The summed E-state index contributed by atoms with van der Waals surface area (Å²) in [4.78, 5) is 24.4. The summed E-state index contributed by atoms with van der Waals surface area (Å²) in [5.41, 5.74) is 0.733. The third-order valence-electron chi connectivity index (χ3n) is 3.14. The molecule has 0 radical (unpaired) electrons. The maximum atomic E-state index is 12.5. The molecule has 0 aliphatic carbocycles. The fraction of sp³-hybridized carbons (Fsp3) is 0.333. The van der Waals surface area contributed by atoms with Crippen LogP contribution in [0.3, 0.4) is 0 Å². The summed E-state index contributed by atoms with van der Waals surface area (Å²) in [7, 11) is 0. The van der Waals surface area contributed by atoms with E-state index in [0.29, 0.717) is 16.5 Å². The van der Waals surface area contributed by atoms with Gasteiger partial charge in [-0.15, -0.1) is 0 Å². The van der Waals surface area contributed by atoms with Crippen molar-refractivity contribution in [1.82, 2.24) is 0 Å². The first kappa shape index (κ1) is 16.8. The van der Waals surface area contributed by atoms with Gasteiger partial charge in [0.2, 0.25) is 5.88 Å². The van der Waals surface area contributed by atoms with Gasteiger partial charge < -0.3 is 9.15 Å². The van der Waals surface area contributed by atoms with E-state index in [9.17, 15) is 9.59 Å². The number of allylic oxidation sites excluding steroid dienone is 1. The highest BCUT2D eigenvalue weighted by molar-refractivity contribution is 5.89. The van der Waals surface area contributed by atoms with Gasteiger partial charge in [0.25, 0.3) is 0 Å². The van der Waals surface area contributed by atoms with Crippen molar-refractivity contribution in [3.63, 3.8) is 0 Å². The van der Waals surface area contributed by atoms with E-state index in [1.54, 1.807) is 39.8 Å². The number of para-hydroxylation sites is 1. The molecular weight excluding hydrogens is 294 g/mol. The van der Waals surface area contributed by atoms with E-state index in [1.807, 2.05) is 25.1 Å². The van der Waals surface area contributed by atoms with Crippen LogP contribution in [-0.2, 0) is 4.74 Å². The van der Waals surface area contributed by atoms with Gasteiger partial charge in [-0.3, -0.25) is 10.1 Å². The Morgan fingerprint density at radius 1 is 1.30 bits per heavy atom. The second kappa shape index (κ2) is 6.28. The topological polar surface area (TPSA) is 68.5 Å². The number of carbonyl (C=O) groups excluding carboxylic acids is 1. The number of fused-ring (bicyclic) bond motifs is 1. The van der Waals surface area contributed by atoms with Crippen molar-refractivity contribution in [2.45, 2.75) is 40.2 Å². The first-order valence-corrected chi connectivity index (χ1v) is 7.42. The molecule has 0 fully saturated rings. The van der Waals surface area contributed by atoms with E-state index in [0.717, 1.165) is 5.56 Å². The molecule has 1 aromatic carbocycles. The lowest BCUT2D eigenvalue weighted by atomic mass is 10.1. The molecule has 1 amide bonds. The Hall–Kier alpha value is -2.56. The largest absolute Gasteiger partial charge is 0.444 e. The average Bonchev–Trinajstić information content (AvgIpc) is 2.43. The first-order chi connectivity index (χ1) is 10.7. The molecular formula is C18H21NO4. The normalized spacial score (nSPS) is 11.9. The fourth-order valence-electron chi connectivity index (χ4n) is 2.16. The highest BCUT2D eigenvalue weighted by atomic mass is 16.6. The van der Waals surface area contributed by atoms with Crippen molar-refractivity contribution in [2.24, 2.45) is 0 Å². The molecule has 0 unspecified atom stereocenters. The molecule has 0 saturated carbocycles. The van der Waals surface area contributed by atoms with Crippen molar-refractivity contribution in [3.05, 3.63) is 45.6 Å². The van der Waals surface area contributed by atoms with Crippen LogP contribution in [-0.4, -0.2) is 11.7 Å². The zero-order valence-electron chi connectivity index (χ0n) is 14.0. The van der Waals surface area contributed by atoms with E-state index in [2.05, 4.69) is 5.32 Å². The first-order valence-electron chi connectivity index (χ1n) is 7.42. The van der Waals surface area contributed by atoms with E-state index in [4.69, 9.17) is 9.15 Å². The molecule has 122 valence electrons. The molecule has 2 rings (SSSR count). The van der Waals surface area contributed by atoms with Crippen molar-refractivity contribution in [3.8, 4) is 0 Å². The maximum absolute atomic E-state index is 12.5. The molecule has 0 spiro atoms. The number of nitrogens with one attached hydrogen (secondary N) is 1. The Morgan fingerprint density at radius 3 is 2.61 bits per heavy atom. The van der Waals surface area contributed by atoms with Crippen LogP contribution in [0.4, 0.5) is 10.7 Å². The molecule has 1 heterocycles. The molecule has 0 aliphatic heterocycles.